The maximum atomic E-state index is 10.7. The number of piperidine rings is 1. The highest BCUT2D eigenvalue weighted by molar-refractivity contribution is 7.15. The average molecular weight is 309 g/mol. The normalized spacial score (nSPS) is 30.1. The highest BCUT2D eigenvalue weighted by Crippen LogP contribution is 2.40. The van der Waals surface area contributed by atoms with Gasteiger partial charge < -0.3 is 10.4 Å². The van der Waals surface area contributed by atoms with E-state index in [9.17, 15) is 5.11 Å². The van der Waals surface area contributed by atoms with Crippen molar-refractivity contribution in [2.24, 2.45) is 5.92 Å². The molecule has 1 aromatic rings. The van der Waals surface area contributed by atoms with Crippen LogP contribution in [0.15, 0.2) is 6.20 Å². The van der Waals surface area contributed by atoms with Crippen LogP contribution in [0.4, 0.5) is 5.13 Å². The minimum absolute atomic E-state index is 0.365. The fourth-order valence-corrected chi connectivity index (χ4v) is 4.58. The molecular formula is C16H27N3OS. The number of thiazole rings is 1. The number of nitrogens with zero attached hydrogens (tertiary/aromatic N) is 2. The molecule has 2 fully saturated rings. The van der Waals surface area contributed by atoms with Gasteiger partial charge in [-0.05, 0) is 25.7 Å². The van der Waals surface area contributed by atoms with Gasteiger partial charge in [0.15, 0.2) is 5.13 Å². The second kappa shape index (κ2) is 6.63. The van der Waals surface area contributed by atoms with Gasteiger partial charge in [-0.15, -0.1) is 11.3 Å². The topological polar surface area (TPSA) is 48.4 Å². The molecule has 1 saturated carbocycles. The van der Waals surface area contributed by atoms with Gasteiger partial charge in [0.1, 0.15) is 0 Å². The van der Waals surface area contributed by atoms with Crippen LogP contribution in [0.5, 0.6) is 0 Å². The molecule has 2 N–H and O–H groups in total. The van der Waals surface area contributed by atoms with Gasteiger partial charge in [-0.1, -0.05) is 19.8 Å². The van der Waals surface area contributed by atoms with Crippen molar-refractivity contribution in [2.75, 3.05) is 25.0 Å². The number of aliphatic hydroxyl groups is 1. The largest absolute Gasteiger partial charge is 0.390 e. The molecule has 0 bridgehead atoms. The molecule has 3 rings (SSSR count). The summed E-state index contributed by atoms with van der Waals surface area (Å²) in [4.78, 5) is 8.28. The molecule has 5 heteroatoms. The Bertz CT molecular complexity index is 464. The standard InChI is InChI=1S/C16H27N3OS/c1-2-8-17-15-18-10-14(21-15)12-19-9-7-16(20)6-4-3-5-13(16)11-19/h10,13,20H,2-9,11-12H2,1H3,(H,17,18). The molecule has 4 nitrogen and oxygen atoms in total. The lowest BCUT2D eigenvalue weighted by molar-refractivity contribution is -0.0966. The first-order chi connectivity index (χ1) is 10.2. The number of hydrogen-bond acceptors (Lipinski definition) is 5. The predicted molar refractivity (Wildman–Crippen MR) is 87.7 cm³/mol. The summed E-state index contributed by atoms with van der Waals surface area (Å²) >= 11 is 1.77. The molecule has 2 heterocycles. The summed E-state index contributed by atoms with van der Waals surface area (Å²) in [5, 5.41) is 15.1. The van der Waals surface area contributed by atoms with Crippen LogP contribution in [0.1, 0.15) is 50.3 Å². The van der Waals surface area contributed by atoms with E-state index in [-0.39, 0.29) is 5.60 Å². The molecular weight excluding hydrogens is 282 g/mol. The third-order valence-corrected chi connectivity index (χ3v) is 5.91. The lowest BCUT2D eigenvalue weighted by Gasteiger charge is -2.47. The van der Waals surface area contributed by atoms with Crippen molar-refractivity contribution >= 4 is 16.5 Å². The molecule has 118 valence electrons. The van der Waals surface area contributed by atoms with Crippen molar-refractivity contribution in [3.05, 3.63) is 11.1 Å². The number of anilines is 1. The highest BCUT2D eigenvalue weighted by Gasteiger charge is 2.42. The molecule has 1 aliphatic heterocycles. The maximum Gasteiger partial charge on any atom is 0.182 e. The Morgan fingerprint density at radius 2 is 2.38 bits per heavy atom. The van der Waals surface area contributed by atoms with Crippen LogP contribution in [-0.2, 0) is 6.54 Å². The van der Waals surface area contributed by atoms with Crippen molar-refractivity contribution in [1.82, 2.24) is 9.88 Å². The zero-order valence-corrected chi connectivity index (χ0v) is 13.8. The van der Waals surface area contributed by atoms with Gasteiger partial charge in [0, 0.05) is 43.2 Å². The van der Waals surface area contributed by atoms with Crippen LogP contribution >= 0.6 is 11.3 Å². The first-order valence-corrected chi connectivity index (χ1v) is 9.14. The van der Waals surface area contributed by atoms with Crippen molar-refractivity contribution < 1.29 is 5.11 Å². The third kappa shape index (κ3) is 3.58. The van der Waals surface area contributed by atoms with Crippen LogP contribution in [0.25, 0.3) is 0 Å². The van der Waals surface area contributed by atoms with E-state index in [1.807, 2.05) is 6.20 Å². The smallest absolute Gasteiger partial charge is 0.182 e. The summed E-state index contributed by atoms with van der Waals surface area (Å²) in [5.74, 6) is 0.477. The van der Waals surface area contributed by atoms with E-state index < -0.39 is 0 Å². The van der Waals surface area contributed by atoms with Crippen LogP contribution in [0.2, 0.25) is 0 Å². The van der Waals surface area contributed by atoms with Crippen LogP contribution in [-0.4, -0.2) is 40.2 Å². The van der Waals surface area contributed by atoms with E-state index in [1.54, 1.807) is 11.3 Å². The first kappa shape index (κ1) is 15.3. The van der Waals surface area contributed by atoms with Gasteiger partial charge in [-0.2, -0.15) is 0 Å². The Kier molecular flexibility index (Phi) is 4.82. The Morgan fingerprint density at radius 1 is 1.48 bits per heavy atom. The summed E-state index contributed by atoms with van der Waals surface area (Å²) in [6, 6.07) is 0. The maximum absolute atomic E-state index is 10.7. The van der Waals surface area contributed by atoms with Crippen molar-refractivity contribution in [2.45, 2.75) is 57.6 Å². The number of hydrogen-bond donors (Lipinski definition) is 2. The number of aromatic nitrogens is 1. The Labute approximate surface area is 131 Å². The van der Waals surface area contributed by atoms with Gasteiger partial charge in [0.25, 0.3) is 0 Å². The molecule has 2 unspecified atom stereocenters. The van der Waals surface area contributed by atoms with E-state index in [1.165, 1.54) is 24.1 Å². The first-order valence-electron chi connectivity index (χ1n) is 8.33. The SMILES string of the molecule is CCCNc1ncc(CN2CCC3(O)CCCCC3C2)s1. The number of likely N-dealkylation sites (tertiary alicyclic amines) is 1. The van der Waals surface area contributed by atoms with E-state index in [0.29, 0.717) is 5.92 Å². The molecule has 2 aliphatic rings. The van der Waals surface area contributed by atoms with Crippen molar-refractivity contribution in [1.29, 1.82) is 0 Å². The van der Waals surface area contributed by atoms with E-state index in [2.05, 4.69) is 22.1 Å². The summed E-state index contributed by atoms with van der Waals surface area (Å²) in [5.41, 5.74) is -0.365. The molecule has 0 radical (unpaired) electrons. The molecule has 1 aliphatic carbocycles. The third-order valence-electron chi connectivity index (χ3n) is 4.97. The summed E-state index contributed by atoms with van der Waals surface area (Å²) in [7, 11) is 0. The van der Waals surface area contributed by atoms with Crippen LogP contribution in [0.3, 0.4) is 0 Å². The molecule has 1 aromatic heterocycles. The lowest BCUT2D eigenvalue weighted by atomic mass is 9.71. The van der Waals surface area contributed by atoms with Gasteiger partial charge in [0.2, 0.25) is 0 Å². The number of rotatable bonds is 5. The zero-order valence-electron chi connectivity index (χ0n) is 13.0. The fraction of sp³-hybridized carbons (Fsp3) is 0.812. The van der Waals surface area contributed by atoms with Crippen molar-refractivity contribution in [3.63, 3.8) is 0 Å². The Hall–Kier alpha value is -0.650. The Balaban J connectivity index is 1.55. The molecule has 21 heavy (non-hydrogen) atoms. The van der Waals surface area contributed by atoms with E-state index >= 15 is 0 Å². The minimum atomic E-state index is -0.365. The van der Waals surface area contributed by atoms with Gasteiger partial charge in [0.05, 0.1) is 5.60 Å². The van der Waals surface area contributed by atoms with Gasteiger partial charge >= 0.3 is 0 Å². The van der Waals surface area contributed by atoms with E-state index in [0.717, 1.165) is 50.6 Å². The molecule has 0 aromatic carbocycles. The Morgan fingerprint density at radius 3 is 3.24 bits per heavy atom. The number of fused-ring (bicyclic) bond motifs is 1. The summed E-state index contributed by atoms with van der Waals surface area (Å²) < 4.78 is 0. The van der Waals surface area contributed by atoms with E-state index in [4.69, 9.17) is 0 Å². The quantitative estimate of drug-likeness (QED) is 0.877. The molecule has 0 amide bonds. The second-order valence-corrected chi connectivity index (χ2v) is 7.71. The second-order valence-electron chi connectivity index (χ2n) is 6.59. The van der Waals surface area contributed by atoms with Gasteiger partial charge in [-0.3, -0.25) is 4.90 Å². The average Bonchev–Trinajstić information content (AvgIpc) is 2.93. The van der Waals surface area contributed by atoms with Crippen molar-refractivity contribution in [3.8, 4) is 0 Å². The predicted octanol–water partition coefficient (Wildman–Crippen LogP) is 3.09. The van der Waals surface area contributed by atoms with Gasteiger partial charge in [-0.25, -0.2) is 4.98 Å². The zero-order chi connectivity index (χ0) is 14.7. The monoisotopic (exact) mass is 309 g/mol. The minimum Gasteiger partial charge on any atom is -0.390 e. The molecule has 2 atom stereocenters. The summed E-state index contributed by atoms with van der Waals surface area (Å²) in [6.07, 6.45) is 8.76. The molecule has 1 saturated heterocycles. The number of nitrogens with one attached hydrogen (secondary N) is 1. The van der Waals surface area contributed by atoms with Crippen LogP contribution < -0.4 is 5.32 Å². The highest BCUT2D eigenvalue weighted by atomic mass is 32.1. The summed E-state index contributed by atoms with van der Waals surface area (Å²) in [6.45, 7) is 6.21. The lowest BCUT2D eigenvalue weighted by Crippen LogP contribution is -2.52. The fourth-order valence-electron chi connectivity index (χ4n) is 3.70. The van der Waals surface area contributed by atoms with Crippen LogP contribution in [0, 0.1) is 5.92 Å². The molecule has 0 spiro atoms.